The van der Waals surface area contributed by atoms with Gasteiger partial charge in [-0.1, -0.05) is 12.1 Å². The van der Waals surface area contributed by atoms with Crippen molar-refractivity contribution in [2.24, 2.45) is 0 Å². The van der Waals surface area contributed by atoms with E-state index in [9.17, 15) is 9.59 Å². The second-order valence-electron chi connectivity index (χ2n) is 4.64. The van der Waals surface area contributed by atoms with Crippen molar-refractivity contribution in [2.45, 2.75) is 13.5 Å². The first-order valence-electron chi connectivity index (χ1n) is 6.40. The number of aryl methyl sites for hydroxylation is 1. The van der Waals surface area contributed by atoms with Crippen molar-refractivity contribution in [3.05, 3.63) is 58.8 Å². The topological polar surface area (TPSA) is 81.3 Å². The lowest BCUT2D eigenvalue weighted by molar-refractivity contribution is -0.117. The fourth-order valence-corrected chi connectivity index (χ4v) is 1.93. The molecule has 7 nitrogen and oxygen atoms in total. The first kappa shape index (κ1) is 13.0. The SMILES string of the molecule is Cc1ccc(NC(=O)Cn2nc3ccccn3c2=O)nc1. The second-order valence-corrected chi connectivity index (χ2v) is 4.64. The molecule has 1 N–H and O–H groups in total. The molecule has 0 fully saturated rings. The van der Waals surface area contributed by atoms with Gasteiger partial charge < -0.3 is 5.32 Å². The number of aromatic nitrogens is 4. The molecule has 0 aromatic carbocycles. The molecule has 3 rings (SSSR count). The van der Waals surface area contributed by atoms with Gasteiger partial charge in [0.1, 0.15) is 12.4 Å². The van der Waals surface area contributed by atoms with Crippen LogP contribution in [0.3, 0.4) is 0 Å². The number of fused-ring (bicyclic) bond motifs is 1. The van der Waals surface area contributed by atoms with Crippen LogP contribution in [0.2, 0.25) is 0 Å². The highest BCUT2D eigenvalue weighted by Crippen LogP contribution is 2.03. The lowest BCUT2D eigenvalue weighted by Gasteiger charge is -2.03. The van der Waals surface area contributed by atoms with Crippen LogP contribution in [0.25, 0.3) is 5.65 Å². The van der Waals surface area contributed by atoms with E-state index in [1.165, 1.54) is 4.40 Å². The Morgan fingerprint density at radius 2 is 2.14 bits per heavy atom. The number of hydrogen-bond acceptors (Lipinski definition) is 4. The first-order valence-corrected chi connectivity index (χ1v) is 6.40. The van der Waals surface area contributed by atoms with E-state index in [1.54, 1.807) is 36.7 Å². The van der Waals surface area contributed by atoms with Crippen molar-refractivity contribution in [3.63, 3.8) is 0 Å². The fourth-order valence-electron chi connectivity index (χ4n) is 1.93. The number of rotatable bonds is 3. The minimum absolute atomic E-state index is 0.157. The summed E-state index contributed by atoms with van der Waals surface area (Å²) in [5.41, 5.74) is 1.16. The van der Waals surface area contributed by atoms with Crippen LogP contribution in [-0.2, 0) is 11.3 Å². The van der Waals surface area contributed by atoms with E-state index in [4.69, 9.17) is 0 Å². The van der Waals surface area contributed by atoms with Gasteiger partial charge >= 0.3 is 5.69 Å². The number of pyridine rings is 2. The van der Waals surface area contributed by atoms with Crippen LogP contribution in [0.1, 0.15) is 5.56 Å². The predicted molar refractivity (Wildman–Crippen MR) is 77.1 cm³/mol. The zero-order valence-corrected chi connectivity index (χ0v) is 11.4. The highest BCUT2D eigenvalue weighted by molar-refractivity contribution is 5.89. The van der Waals surface area contributed by atoms with Crippen molar-refractivity contribution in [3.8, 4) is 0 Å². The van der Waals surface area contributed by atoms with E-state index < -0.39 is 0 Å². The lowest BCUT2D eigenvalue weighted by Crippen LogP contribution is -2.28. The average molecular weight is 283 g/mol. The Bertz CT molecular complexity index is 848. The van der Waals surface area contributed by atoms with E-state index in [0.717, 1.165) is 10.2 Å². The van der Waals surface area contributed by atoms with E-state index in [-0.39, 0.29) is 18.1 Å². The van der Waals surface area contributed by atoms with Crippen LogP contribution in [0, 0.1) is 6.92 Å². The fraction of sp³-hybridized carbons (Fsp3) is 0.143. The number of carbonyl (C=O) groups is 1. The van der Waals surface area contributed by atoms with Gasteiger partial charge in [0.25, 0.3) is 0 Å². The molecular weight excluding hydrogens is 270 g/mol. The molecule has 0 aliphatic carbocycles. The summed E-state index contributed by atoms with van der Waals surface area (Å²) in [7, 11) is 0. The first-order chi connectivity index (χ1) is 10.1. The van der Waals surface area contributed by atoms with Crippen LogP contribution in [0.15, 0.2) is 47.5 Å². The Kier molecular flexibility index (Phi) is 3.23. The summed E-state index contributed by atoms with van der Waals surface area (Å²) in [5, 5.41) is 6.72. The molecule has 21 heavy (non-hydrogen) atoms. The predicted octanol–water partition coefficient (Wildman–Crippen LogP) is 0.838. The maximum absolute atomic E-state index is 12.0. The molecule has 0 radical (unpaired) electrons. The number of carbonyl (C=O) groups excluding carboxylic acids is 1. The molecule has 3 heterocycles. The maximum Gasteiger partial charge on any atom is 0.350 e. The molecule has 0 bridgehead atoms. The van der Waals surface area contributed by atoms with Crippen LogP contribution in [0.5, 0.6) is 0 Å². The van der Waals surface area contributed by atoms with E-state index >= 15 is 0 Å². The maximum atomic E-state index is 12.0. The molecule has 106 valence electrons. The Hall–Kier alpha value is -2.96. The molecule has 0 aliphatic rings. The van der Waals surface area contributed by atoms with Gasteiger partial charge in [-0.3, -0.25) is 9.20 Å². The molecule has 0 unspecified atom stereocenters. The minimum Gasteiger partial charge on any atom is -0.309 e. The summed E-state index contributed by atoms with van der Waals surface area (Å²) < 4.78 is 2.51. The molecule has 0 spiro atoms. The van der Waals surface area contributed by atoms with Gasteiger partial charge in [0.15, 0.2) is 5.65 Å². The summed E-state index contributed by atoms with van der Waals surface area (Å²) in [5.74, 6) is 0.0965. The quantitative estimate of drug-likeness (QED) is 0.772. The number of nitrogens with zero attached hydrogens (tertiary/aromatic N) is 4. The second kappa shape index (κ2) is 5.20. The minimum atomic E-state index is -0.350. The molecule has 3 aromatic rings. The lowest BCUT2D eigenvalue weighted by atomic mass is 10.3. The van der Waals surface area contributed by atoms with Gasteiger partial charge in [-0.05, 0) is 30.7 Å². The Morgan fingerprint density at radius 1 is 1.29 bits per heavy atom. The molecule has 0 saturated heterocycles. The summed E-state index contributed by atoms with van der Waals surface area (Å²) in [6, 6.07) is 8.77. The van der Waals surface area contributed by atoms with Crippen LogP contribution in [-0.4, -0.2) is 25.1 Å². The standard InChI is InChI=1S/C14H13N5O2/c1-10-5-6-11(15-8-10)16-13(20)9-19-14(21)18-7-3-2-4-12(18)17-19/h2-8H,9H2,1H3,(H,15,16,20). The number of hydrogen-bond donors (Lipinski definition) is 1. The molecule has 3 aromatic heterocycles. The van der Waals surface area contributed by atoms with E-state index in [0.29, 0.717) is 11.5 Å². The van der Waals surface area contributed by atoms with Gasteiger partial charge in [-0.2, -0.15) is 0 Å². The molecule has 0 atom stereocenters. The highest BCUT2D eigenvalue weighted by Gasteiger charge is 2.10. The van der Waals surface area contributed by atoms with Crippen LogP contribution < -0.4 is 11.0 Å². The van der Waals surface area contributed by atoms with Gasteiger partial charge in [0.2, 0.25) is 5.91 Å². The van der Waals surface area contributed by atoms with Crippen molar-refractivity contribution >= 4 is 17.4 Å². The van der Waals surface area contributed by atoms with Crippen molar-refractivity contribution < 1.29 is 4.79 Å². The summed E-state index contributed by atoms with van der Waals surface area (Å²) in [4.78, 5) is 28.0. The third-order valence-electron chi connectivity index (χ3n) is 2.96. The summed E-state index contributed by atoms with van der Waals surface area (Å²) >= 11 is 0. The Labute approximate surface area is 119 Å². The van der Waals surface area contributed by atoms with Gasteiger partial charge in [-0.15, -0.1) is 5.10 Å². The number of anilines is 1. The van der Waals surface area contributed by atoms with Gasteiger partial charge in [0.05, 0.1) is 0 Å². The zero-order valence-electron chi connectivity index (χ0n) is 11.4. The number of amides is 1. The van der Waals surface area contributed by atoms with Crippen LogP contribution >= 0.6 is 0 Å². The average Bonchev–Trinajstić information content (AvgIpc) is 2.78. The Morgan fingerprint density at radius 3 is 2.86 bits per heavy atom. The van der Waals surface area contributed by atoms with Crippen LogP contribution in [0.4, 0.5) is 5.82 Å². The van der Waals surface area contributed by atoms with Crippen molar-refractivity contribution in [1.82, 2.24) is 19.2 Å². The van der Waals surface area contributed by atoms with Gasteiger partial charge in [-0.25, -0.2) is 14.5 Å². The smallest absolute Gasteiger partial charge is 0.309 e. The van der Waals surface area contributed by atoms with Gasteiger partial charge in [0, 0.05) is 12.4 Å². The third kappa shape index (κ3) is 2.66. The molecule has 7 heteroatoms. The Balaban J connectivity index is 1.78. The summed E-state index contributed by atoms with van der Waals surface area (Å²) in [6.45, 7) is 1.75. The third-order valence-corrected chi connectivity index (χ3v) is 2.96. The zero-order chi connectivity index (χ0) is 14.8. The molecule has 0 saturated carbocycles. The van der Waals surface area contributed by atoms with Crippen molar-refractivity contribution in [2.75, 3.05) is 5.32 Å². The van der Waals surface area contributed by atoms with Crippen molar-refractivity contribution in [1.29, 1.82) is 0 Å². The molecular formula is C14H13N5O2. The van der Waals surface area contributed by atoms with E-state index in [1.807, 2.05) is 13.0 Å². The van der Waals surface area contributed by atoms with E-state index in [2.05, 4.69) is 15.4 Å². The molecule has 0 aliphatic heterocycles. The molecule has 1 amide bonds. The highest BCUT2D eigenvalue weighted by atomic mass is 16.2. The number of nitrogens with one attached hydrogen (secondary N) is 1. The monoisotopic (exact) mass is 283 g/mol. The largest absolute Gasteiger partial charge is 0.350 e. The summed E-state index contributed by atoms with van der Waals surface area (Å²) in [6.07, 6.45) is 3.27. The normalized spacial score (nSPS) is 10.7.